The minimum Gasteiger partial charge on any atom is -0.341 e. The predicted octanol–water partition coefficient (Wildman–Crippen LogP) is 3.22. The SMILES string of the molecule is CN(CCCCCCl)C(=O)c1ccc(F)cc1[N+](=O)[O-]. The molecule has 7 heteroatoms. The van der Waals surface area contributed by atoms with Gasteiger partial charge in [0.1, 0.15) is 11.4 Å². The molecule has 0 heterocycles. The van der Waals surface area contributed by atoms with Crippen LogP contribution < -0.4 is 0 Å². The van der Waals surface area contributed by atoms with Gasteiger partial charge in [0, 0.05) is 19.5 Å². The van der Waals surface area contributed by atoms with Gasteiger partial charge in [-0.15, -0.1) is 11.6 Å². The van der Waals surface area contributed by atoms with Gasteiger partial charge in [0.05, 0.1) is 11.0 Å². The van der Waals surface area contributed by atoms with Gasteiger partial charge >= 0.3 is 0 Å². The lowest BCUT2D eigenvalue weighted by Crippen LogP contribution is -2.28. The monoisotopic (exact) mass is 302 g/mol. The lowest BCUT2D eigenvalue weighted by atomic mass is 10.1. The molecule has 20 heavy (non-hydrogen) atoms. The zero-order valence-corrected chi connectivity index (χ0v) is 11.9. The van der Waals surface area contributed by atoms with E-state index in [2.05, 4.69) is 0 Å². The number of alkyl halides is 1. The van der Waals surface area contributed by atoms with Crippen molar-refractivity contribution in [3.8, 4) is 0 Å². The zero-order valence-electron chi connectivity index (χ0n) is 11.1. The fraction of sp³-hybridized carbons (Fsp3) is 0.462. The van der Waals surface area contributed by atoms with E-state index in [0.717, 1.165) is 37.5 Å². The molecule has 0 aliphatic heterocycles. The summed E-state index contributed by atoms with van der Waals surface area (Å²) in [7, 11) is 1.57. The molecule has 0 spiro atoms. The van der Waals surface area contributed by atoms with Gasteiger partial charge in [-0.25, -0.2) is 4.39 Å². The molecule has 110 valence electrons. The van der Waals surface area contributed by atoms with Crippen LogP contribution in [0.15, 0.2) is 18.2 Å². The van der Waals surface area contributed by atoms with Gasteiger partial charge in [0.2, 0.25) is 0 Å². The van der Waals surface area contributed by atoms with Crippen LogP contribution in [0.1, 0.15) is 29.6 Å². The van der Waals surface area contributed by atoms with Gasteiger partial charge in [-0.3, -0.25) is 14.9 Å². The molecule has 0 bridgehead atoms. The Kier molecular flexibility index (Phi) is 6.38. The molecular weight excluding hydrogens is 287 g/mol. The normalized spacial score (nSPS) is 10.3. The minimum atomic E-state index is -0.752. The van der Waals surface area contributed by atoms with E-state index in [1.165, 1.54) is 4.90 Å². The van der Waals surface area contributed by atoms with Crippen molar-refractivity contribution in [3.05, 3.63) is 39.7 Å². The van der Waals surface area contributed by atoms with Crippen LogP contribution in [-0.2, 0) is 0 Å². The number of benzene rings is 1. The first-order chi connectivity index (χ1) is 9.47. The highest BCUT2D eigenvalue weighted by atomic mass is 35.5. The van der Waals surface area contributed by atoms with Crippen molar-refractivity contribution in [3.63, 3.8) is 0 Å². The van der Waals surface area contributed by atoms with E-state index in [1.807, 2.05) is 0 Å². The average Bonchev–Trinajstić information content (AvgIpc) is 2.42. The summed E-state index contributed by atoms with van der Waals surface area (Å²) < 4.78 is 13.0. The minimum absolute atomic E-state index is 0.101. The molecule has 5 nitrogen and oxygen atoms in total. The Hall–Kier alpha value is -1.69. The molecule has 1 aromatic rings. The molecule has 0 unspecified atom stereocenters. The maximum absolute atomic E-state index is 13.0. The van der Waals surface area contributed by atoms with Crippen molar-refractivity contribution in [2.24, 2.45) is 0 Å². The van der Waals surface area contributed by atoms with Crippen molar-refractivity contribution in [2.45, 2.75) is 19.3 Å². The molecule has 0 saturated carbocycles. The molecule has 0 saturated heterocycles. The highest BCUT2D eigenvalue weighted by Gasteiger charge is 2.23. The molecule has 0 fully saturated rings. The van der Waals surface area contributed by atoms with E-state index < -0.39 is 22.3 Å². The van der Waals surface area contributed by atoms with Gasteiger partial charge in [-0.2, -0.15) is 0 Å². The Balaban J connectivity index is 2.78. The standard InChI is InChI=1S/C13H16ClFN2O3/c1-16(8-4-2-3-7-14)13(18)11-6-5-10(15)9-12(11)17(19)20/h5-6,9H,2-4,7-8H2,1H3. The number of amides is 1. The summed E-state index contributed by atoms with van der Waals surface area (Å²) in [6.45, 7) is 0.476. The van der Waals surface area contributed by atoms with Crippen LogP contribution in [0, 0.1) is 15.9 Å². The van der Waals surface area contributed by atoms with Crippen LogP contribution in [0.25, 0.3) is 0 Å². The number of unbranched alkanes of at least 4 members (excludes halogenated alkanes) is 2. The first kappa shape index (κ1) is 16.4. The summed E-state index contributed by atoms with van der Waals surface area (Å²) in [4.78, 5) is 23.6. The van der Waals surface area contributed by atoms with Crippen molar-refractivity contribution in [1.82, 2.24) is 4.90 Å². The second-order valence-electron chi connectivity index (χ2n) is 4.39. The fourth-order valence-electron chi connectivity index (χ4n) is 1.76. The van der Waals surface area contributed by atoms with Crippen LogP contribution in [0.5, 0.6) is 0 Å². The maximum Gasteiger partial charge on any atom is 0.285 e. The van der Waals surface area contributed by atoms with Crippen LogP contribution >= 0.6 is 11.6 Å². The summed E-state index contributed by atoms with van der Waals surface area (Å²) in [6, 6.07) is 2.95. The van der Waals surface area contributed by atoms with Gasteiger partial charge in [-0.1, -0.05) is 6.42 Å². The molecule has 0 aliphatic carbocycles. The number of hydrogen-bond acceptors (Lipinski definition) is 3. The molecule has 0 radical (unpaired) electrons. The van der Waals surface area contributed by atoms with Crippen LogP contribution in [0.4, 0.5) is 10.1 Å². The molecule has 1 amide bonds. The largest absolute Gasteiger partial charge is 0.341 e. The summed E-state index contributed by atoms with van der Waals surface area (Å²) in [5, 5.41) is 10.9. The molecule has 1 aromatic carbocycles. The number of nitrogens with zero attached hydrogens (tertiary/aromatic N) is 2. The third-order valence-electron chi connectivity index (χ3n) is 2.86. The van der Waals surface area contributed by atoms with E-state index in [1.54, 1.807) is 7.05 Å². The van der Waals surface area contributed by atoms with E-state index >= 15 is 0 Å². The second kappa shape index (κ2) is 7.79. The van der Waals surface area contributed by atoms with Crippen molar-refractivity contribution in [1.29, 1.82) is 0 Å². The Morgan fingerprint density at radius 3 is 2.70 bits per heavy atom. The van der Waals surface area contributed by atoms with E-state index in [-0.39, 0.29) is 5.56 Å². The lowest BCUT2D eigenvalue weighted by Gasteiger charge is -2.17. The fourth-order valence-corrected chi connectivity index (χ4v) is 1.95. The molecule has 1 rings (SSSR count). The summed E-state index contributed by atoms with van der Waals surface area (Å²) in [5.41, 5.74) is -0.612. The van der Waals surface area contributed by atoms with Gasteiger partial charge < -0.3 is 4.90 Å². The van der Waals surface area contributed by atoms with E-state index in [0.29, 0.717) is 12.4 Å². The predicted molar refractivity (Wildman–Crippen MR) is 74.6 cm³/mol. The quantitative estimate of drug-likeness (QED) is 0.336. The van der Waals surface area contributed by atoms with E-state index in [4.69, 9.17) is 11.6 Å². The maximum atomic E-state index is 13.0. The zero-order chi connectivity index (χ0) is 15.1. The molecule has 0 N–H and O–H groups in total. The summed E-state index contributed by atoms with van der Waals surface area (Å²) in [6.07, 6.45) is 2.51. The first-order valence-corrected chi connectivity index (χ1v) is 6.76. The number of nitro benzene ring substituents is 1. The number of rotatable bonds is 7. The third-order valence-corrected chi connectivity index (χ3v) is 3.13. The topological polar surface area (TPSA) is 63.5 Å². The second-order valence-corrected chi connectivity index (χ2v) is 4.77. The number of carbonyl (C=O) groups is 1. The Labute approximate surface area is 121 Å². The van der Waals surface area contributed by atoms with E-state index in [9.17, 15) is 19.3 Å². The van der Waals surface area contributed by atoms with Gasteiger partial charge in [0.25, 0.3) is 11.6 Å². The Morgan fingerprint density at radius 1 is 1.40 bits per heavy atom. The third kappa shape index (κ3) is 4.45. The van der Waals surface area contributed by atoms with Crippen molar-refractivity contribution in [2.75, 3.05) is 19.5 Å². The molecular formula is C13H16ClFN2O3. The molecule has 0 aromatic heterocycles. The molecule has 0 aliphatic rings. The highest BCUT2D eigenvalue weighted by Crippen LogP contribution is 2.21. The van der Waals surface area contributed by atoms with Crippen LogP contribution in [0.3, 0.4) is 0 Å². The highest BCUT2D eigenvalue weighted by molar-refractivity contribution is 6.17. The Morgan fingerprint density at radius 2 is 2.10 bits per heavy atom. The van der Waals surface area contributed by atoms with Crippen LogP contribution in [-0.4, -0.2) is 35.2 Å². The summed E-state index contributed by atoms with van der Waals surface area (Å²) in [5.74, 6) is -0.651. The molecule has 0 atom stereocenters. The van der Waals surface area contributed by atoms with Crippen molar-refractivity contribution < 1.29 is 14.1 Å². The average molecular weight is 303 g/mol. The number of halogens is 2. The number of hydrogen-bond donors (Lipinski definition) is 0. The first-order valence-electron chi connectivity index (χ1n) is 6.22. The van der Waals surface area contributed by atoms with Gasteiger partial charge in [0.15, 0.2) is 0 Å². The van der Waals surface area contributed by atoms with Crippen LogP contribution in [0.2, 0.25) is 0 Å². The van der Waals surface area contributed by atoms with Gasteiger partial charge in [-0.05, 0) is 25.0 Å². The smallest absolute Gasteiger partial charge is 0.285 e. The van der Waals surface area contributed by atoms with Crippen molar-refractivity contribution >= 4 is 23.2 Å². The lowest BCUT2D eigenvalue weighted by molar-refractivity contribution is -0.385. The Bertz CT molecular complexity index is 497. The number of nitro groups is 1. The number of carbonyl (C=O) groups excluding carboxylic acids is 1. The summed E-state index contributed by atoms with van der Waals surface area (Å²) >= 11 is 5.55.